The molecule has 0 bridgehead atoms. The zero-order chi connectivity index (χ0) is 18.5. The van der Waals surface area contributed by atoms with E-state index < -0.39 is 5.91 Å². The maximum Gasteiger partial charge on any atom is 0.273 e. The molecular weight excluding hydrogens is 396 g/mol. The minimum Gasteiger partial charge on any atom is -0.273 e. The van der Waals surface area contributed by atoms with Crippen molar-refractivity contribution in [1.82, 2.24) is 20.6 Å². The second-order valence-corrected chi connectivity index (χ2v) is 6.61. The van der Waals surface area contributed by atoms with E-state index in [1.54, 1.807) is 11.6 Å². The van der Waals surface area contributed by atoms with Gasteiger partial charge >= 0.3 is 0 Å². The molecule has 0 saturated carbocycles. The van der Waals surface area contributed by atoms with Gasteiger partial charge in [-0.25, -0.2) is 4.68 Å². The summed E-state index contributed by atoms with van der Waals surface area (Å²) in [5, 5.41) is 4.26. The number of hydrogen-bond donors (Lipinski definition) is 2. The van der Waals surface area contributed by atoms with Gasteiger partial charge in [0, 0.05) is 4.47 Å². The third kappa shape index (κ3) is 4.18. The van der Waals surface area contributed by atoms with Gasteiger partial charge in [0.2, 0.25) is 5.91 Å². The predicted octanol–water partition coefficient (Wildman–Crippen LogP) is 2.95. The molecule has 0 aliphatic carbocycles. The maximum absolute atomic E-state index is 12.3. The smallest absolute Gasteiger partial charge is 0.273 e. The van der Waals surface area contributed by atoms with Crippen molar-refractivity contribution in [1.29, 1.82) is 0 Å². The van der Waals surface area contributed by atoms with Crippen molar-refractivity contribution in [2.45, 2.75) is 13.3 Å². The summed E-state index contributed by atoms with van der Waals surface area (Å²) in [5.41, 5.74) is 7.66. The number of hydrazine groups is 1. The maximum atomic E-state index is 12.3. The van der Waals surface area contributed by atoms with Gasteiger partial charge in [0.15, 0.2) is 0 Å². The van der Waals surface area contributed by atoms with Gasteiger partial charge in [0.05, 0.1) is 29.6 Å². The van der Waals surface area contributed by atoms with Crippen molar-refractivity contribution in [3.63, 3.8) is 0 Å². The lowest BCUT2D eigenvalue weighted by atomic mass is 10.1. The molecule has 6 nitrogen and oxygen atoms in total. The average molecular weight is 413 g/mol. The summed E-state index contributed by atoms with van der Waals surface area (Å²) in [6, 6.07) is 16.9. The Bertz CT molecular complexity index is 920. The van der Waals surface area contributed by atoms with E-state index >= 15 is 0 Å². The summed E-state index contributed by atoms with van der Waals surface area (Å²) in [6.07, 6.45) is 1.67. The fourth-order valence-electron chi connectivity index (χ4n) is 2.49. The summed E-state index contributed by atoms with van der Waals surface area (Å²) >= 11 is 3.39. The second kappa shape index (κ2) is 7.97. The zero-order valence-electron chi connectivity index (χ0n) is 14.1. The first-order valence-corrected chi connectivity index (χ1v) is 8.77. The van der Waals surface area contributed by atoms with Crippen LogP contribution in [0.4, 0.5) is 0 Å². The number of nitrogens with one attached hydrogen (secondary N) is 2. The minimum atomic E-state index is -0.410. The molecule has 0 fully saturated rings. The van der Waals surface area contributed by atoms with Crippen LogP contribution in [-0.4, -0.2) is 21.6 Å². The highest BCUT2D eigenvalue weighted by Gasteiger charge is 2.15. The molecule has 2 amide bonds. The van der Waals surface area contributed by atoms with Crippen LogP contribution in [-0.2, 0) is 11.2 Å². The van der Waals surface area contributed by atoms with Crippen LogP contribution in [0.15, 0.2) is 65.3 Å². The van der Waals surface area contributed by atoms with Crippen molar-refractivity contribution in [2.75, 3.05) is 0 Å². The summed E-state index contributed by atoms with van der Waals surface area (Å²) in [5.74, 6) is -0.699. The number of benzene rings is 2. The lowest BCUT2D eigenvalue weighted by Crippen LogP contribution is -2.42. The Balaban J connectivity index is 1.63. The summed E-state index contributed by atoms with van der Waals surface area (Å²) in [6.45, 7) is 1.80. The fourth-order valence-corrected chi connectivity index (χ4v) is 2.76. The number of amides is 2. The first-order chi connectivity index (χ1) is 12.5. The normalized spacial score (nSPS) is 10.4. The molecule has 0 aliphatic rings. The zero-order valence-corrected chi connectivity index (χ0v) is 15.7. The van der Waals surface area contributed by atoms with Crippen LogP contribution >= 0.6 is 15.9 Å². The molecule has 0 unspecified atom stereocenters. The first kappa shape index (κ1) is 17.9. The lowest BCUT2D eigenvalue weighted by Gasteiger charge is -2.08. The van der Waals surface area contributed by atoms with E-state index in [0.29, 0.717) is 11.3 Å². The average Bonchev–Trinajstić information content (AvgIpc) is 3.03. The monoisotopic (exact) mass is 412 g/mol. The standard InChI is InChI=1S/C19H17BrN4O2/c1-13-17(12-21-24(13)16-9-7-15(20)8-10-16)19(26)23-22-18(25)11-14-5-3-2-4-6-14/h2-10,12H,11H2,1H3,(H,22,25)(H,23,26). The van der Waals surface area contributed by atoms with Gasteiger partial charge in [0.1, 0.15) is 0 Å². The molecule has 2 aromatic carbocycles. The highest BCUT2D eigenvalue weighted by atomic mass is 79.9. The van der Waals surface area contributed by atoms with Gasteiger partial charge in [-0.15, -0.1) is 0 Å². The van der Waals surface area contributed by atoms with E-state index in [2.05, 4.69) is 31.9 Å². The van der Waals surface area contributed by atoms with Gasteiger partial charge in [-0.05, 0) is 36.8 Å². The van der Waals surface area contributed by atoms with Crippen LogP contribution in [0.25, 0.3) is 5.69 Å². The van der Waals surface area contributed by atoms with Crippen LogP contribution in [0.2, 0.25) is 0 Å². The molecule has 0 spiro atoms. The number of carbonyl (C=O) groups excluding carboxylic acids is 2. The quantitative estimate of drug-likeness (QED) is 0.646. The number of halogens is 1. The SMILES string of the molecule is Cc1c(C(=O)NNC(=O)Cc2ccccc2)cnn1-c1ccc(Br)cc1. The summed E-state index contributed by atoms with van der Waals surface area (Å²) in [4.78, 5) is 24.3. The fraction of sp³-hybridized carbons (Fsp3) is 0.105. The molecule has 1 aromatic heterocycles. The van der Waals surface area contributed by atoms with Crippen LogP contribution in [0.5, 0.6) is 0 Å². The highest BCUT2D eigenvalue weighted by molar-refractivity contribution is 9.10. The van der Waals surface area contributed by atoms with Gasteiger partial charge in [0.25, 0.3) is 5.91 Å². The molecule has 1 heterocycles. The Hall–Kier alpha value is -2.93. The van der Waals surface area contributed by atoms with Gasteiger partial charge in [-0.1, -0.05) is 46.3 Å². The Labute approximate surface area is 159 Å². The van der Waals surface area contributed by atoms with E-state index in [1.165, 1.54) is 6.20 Å². The number of hydrogen-bond acceptors (Lipinski definition) is 3. The molecule has 0 aliphatic heterocycles. The summed E-state index contributed by atoms with van der Waals surface area (Å²) < 4.78 is 2.64. The molecule has 26 heavy (non-hydrogen) atoms. The molecule has 132 valence electrons. The van der Waals surface area contributed by atoms with Gasteiger partial charge in [-0.2, -0.15) is 5.10 Å². The minimum absolute atomic E-state index is 0.193. The van der Waals surface area contributed by atoms with E-state index in [4.69, 9.17) is 0 Å². The molecule has 7 heteroatoms. The van der Waals surface area contributed by atoms with E-state index in [9.17, 15) is 9.59 Å². The first-order valence-electron chi connectivity index (χ1n) is 7.98. The molecular formula is C19H17BrN4O2. The van der Waals surface area contributed by atoms with Crippen LogP contribution < -0.4 is 10.9 Å². The van der Waals surface area contributed by atoms with Gasteiger partial charge < -0.3 is 0 Å². The lowest BCUT2D eigenvalue weighted by molar-refractivity contribution is -0.121. The van der Waals surface area contributed by atoms with Crippen molar-refractivity contribution >= 4 is 27.7 Å². The van der Waals surface area contributed by atoms with Crippen molar-refractivity contribution in [3.05, 3.63) is 82.1 Å². The highest BCUT2D eigenvalue weighted by Crippen LogP contribution is 2.17. The Kier molecular flexibility index (Phi) is 5.48. The number of carbonyl (C=O) groups is 2. The topological polar surface area (TPSA) is 76.0 Å². The van der Waals surface area contributed by atoms with Crippen molar-refractivity contribution in [2.24, 2.45) is 0 Å². The Morgan fingerprint density at radius 2 is 1.73 bits per heavy atom. The third-order valence-electron chi connectivity index (χ3n) is 3.85. The van der Waals surface area contributed by atoms with Gasteiger partial charge in [-0.3, -0.25) is 20.4 Å². The number of nitrogens with zero attached hydrogens (tertiary/aromatic N) is 2. The molecule has 3 aromatic rings. The molecule has 2 N–H and O–H groups in total. The van der Waals surface area contributed by atoms with Crippen LogP contribution in [0, 0.1) is 6.92 Å². The molecule has 0 atom stereocenters. The largest absolute Gasteiger partial charge is 0.273 e. The molecule has 0 radical (unpaired) electrons. The van der Waals surface area contributed by atoms with E-state index in [0.717, 1.165) is 15.7 Å². The predicted molar refractivity (Wildman–Crippen MR) is 102 cm³/mol. The van der Waals surface area contributed by atoms with E-state index in [1.807, 2.05) is 54.6 Å². The summed E-state index contributed by atoms with van der Waals surface area (Å²) in [7, 11) is 0. The van der Waals surface area contributed by atoms with Crippen molar-refractivity contribution < 1.29 is 9.59 Å². The molecule has 0 saturated heterocycles. The van der Waals surface area contributed by atoms with Crippen LogP contribution in [0.3, 0.4) is 0 Å². The van der Waals surface area contributed by atoms with Crippen molar-refractivity contribution in [3.8, 4) is 5.69 Å². The Morgan fingerprint density at radius 1 is 1.04 bits per heavy atom. The number of rotatable bonds is 4. The molecule has 3 rings (SSSR count). The van der Waals surface area contributed by atoms with Crippen LogP contribution in [0.1, 0.15) is 21.6 Å². The Morgan fingerprint density at radius 3 is 2.42 bits per heavy atom. The van der Waals surface area contributed by atoms with E-state index in [-0.39, 0.29) is 12.3 Å². The third-order valence-corrected chi connectivity index (χ3v) is 4.38. The second-order valence-electron chi connectivity index (χ2n) is 5.70. The number of aromatic nitrogens is 2.